The van der Waals surface area contributed by atoms with Crippen LogP contribution in [0.1, 0.15) is 55.6 Å². The Balaban J connectivity index is 2.11. The second-order valence-electron chi connectivity index (χ2n) is 7.31. The van der Waals surface area contributed by atoms with Gasteiger partial charge >= 0.3 is 0 Å². The Morgan fingerprint density at radius 2 is 1.87 bits per heavy atom. The summed E-state index contributed by atoms with van der Waals surface area (Å²) in [5, 5.41) is 6.52. The highest BCUT2D eigenvalue weighted by Gasteiger charge is 2.13. The van der Waals surface area contributed by atoms with Gasteiger partial charge in [-0.3, -0.25) is 4.90 Å². The molecule has 0 saturated carbocycles. The lowest BCUT2D eigenvalue weighted by molar-refractivity contribution is 0.119. The van der Waals surface area contributed by atoms with Gasteiger partial charge < -0.3 is 15.0 Å². The highest BCUT2D eigenvalue weighted by atomic mass is 32.1. The SMILES string of the molecule is CCNC(=NCc1ccccc1CN(CC)CC)N(C)Cc1csc(C(C)OC)n1. The van der Waals surface area contributed by atoms with Gasteiger partial charge in [-0.25, -0.2) is 9.98 Å². The largest absolute Gasteiger partial charge is 0.375 e. The third-order valence-electron chi connectivity index (χ3n) is 5.17. The number of benzene rings is 1. The molecule has 0 fully saturated rings. The molecule has 0 radical (unpaired) electrons. The molecule has 7 heteroatoms. The van der Waals surface area contributed by atoms with E-state index < -0.39 is 0 Å². The third-order valence-corrected chi connectivity index (χ3v) is 6.23. The van der Waals surface area contributed by atoms with Crippen molar-refractivity contribution in [2.75, 3.05) is 33.8 Å². The van der Waals surface area contributed by atoms with Gasteiger partial charge in [0.15, 0.2) is 5.96 Å². The molecule has 1 atom stereocenters. The molecule has 0 spiro atoms. The molecule has 1 unspecified atom stereocenters. The minimum absolute atomic E-state index is 0.0262. The molecule has 0 aliphatic rings. The quantitative estimate of drug-likeness (QED) is 0.425. The van der Waals surface area contributed by atoms with Crippen molar-refractivity contribution >= 4 is 17.3 Å². The zero-order chi connectivity index (χ0) is 21.9. The van der Waals surface area contributed by atoms with Crippen LogP contribution in [0.2, 0.25) is 0 Å². The Hall–Kier alpha value is -1.96. The predicted octanol–water partition coefficient (Wildman–Crippen LogP) is 4.29. The molecule has 2 aromatic rings. The summed E-state index contributed by atoms with van der Waals surface area (Å²) in [4.78, 5) is 14.2. The van der Waals surface area contributed by atoms with Gasteiger partial charge in [0.25, 0.3) is 0 Å². The summed E-state index contributed by atoms with van der Waals surface area (Å²) in [6.45, 7) is 13.8. The Bertz CT molecular complexity index is 787. The van der Waals surface area contributed by atoms with E-state index in [1.165, 1.54) is 11.1 Å². The molecule has 1 N–H and O–H groups in total. The standard InChI is InChI=1S/C23H37N5OS/c1-7-24-23(27(5)16-21-17-30-22(26-21)18(4)29-6)25-14-19-12-10-11-13-20(19)15-28(8-2)9-3/h10-13,17-18H,7-9,14-16H2,1-6H3,(H,24,25). The maximum Gasteiger partial charge on any atom is 0.194 e. The molecule has 6 nitrogen and oxygen atoms in total. The van der Waals surface area contributed by atoms with Crippen LogP contribution < -0.4 is 5.32 Å². The highest BCUT2D eigenvalue weighted by molar-refractivity contribution is 7.09. The Kier molecular flexibility index (Phi) is 10.3. The van der Waals surface area contributed by atoms with Crippen molar-refractivity contribution < 1.29 is 4.74 Å². The number of hydrogen-bond donors (Lipinski definition) is 1. The number of thiazole rings is 1. The predicted molar refractivity (Wildman–Crippen MR) is 127 cm³/mol. The zero-order valence-corrected chi connectivity index (χ0v) is 20.1. The normalized spacial score (nSPS) is 13.0. The Morgan fingerprint density at radius 1 is 1.17 bits per heavy atom. The molecule has 0 amide bonds. The fraction of sp³-hybridized carbons (Fsp3) is 0.565. The van der Waals surface area contributed by atoms with E-state index in [9.17, 15) is 0 Å². The summed E-state index contributed by atoms with van der Waals surface area (Å²) in [6.07, 6.45) is 0.0262. The molecule has 0 aliphatic carbocycles. The summed E-state index contributed by atoms with van der Waals surface area (Å²) >= 11 is 1.64. The summed E-state index contributed by atoms with van der Waals surface area (Å²) in [7, 11) is 3.77. The molecular weight excluding hydrogens is 394 g/mol. The average molecular weight is 432 g/mol. The monoisotopic (exact) mass is 431 g/mol. The van der Waals surface area contributed by atoms with E-state index in [1.54, 1.807) is 18.4 Å². The maximum absolute atomic E-state index is 5.38. The van der Waals surface area contributed by atoms with E-state index in [4.69, 9.17) is 14.7 Å². The van der Waals surface area contributed by atoms with Crippen LogP contribution in [-0.2, 0) is 24.4 Å². The van der Waals surface area contributed by atoms with Gasteiger partial charge in [0.2, 0.25) is 0 Å². The molecule has 0 aliphatic heterocycles. The number of guanidine groups is 1. The number of hydrogen-bond acceptors (Lipinski definition) is 5. The number of methoxy groups -OCH3 is 1. The minimum Gasteiger partial charge on any atom is -0.375 e. The van der Waals surface area contributed by atoms with Crippen LogP contribution in [0.15, 0.2) is 34.6 Å². The average Bonchev–Trinajstić information content (AvgIpc) is 3.23. The summed E-state index contributed by atoms with van der Waals surface area (Å²) in [5.74, 6) is 0.893. The van der Waals surface area contributed by atoms with Crippen LogP contribution in [0.4, 0.5) is 0 Å². The van der Waals surface area contributed by atoms with E-state index in [-0.39, 0.29) is 6.10 Å². The summed E-state index contributed by atoms with van der Waals surface area (Å²) in [6, 6.07) is 8.61. The molecule has 1 aromatic carbocycles. The Labute approximate surface area is 186 Å². The van der Waals surface area contributed by atoms with Crippen LogP contribution in [0.5, 0.6) is 0 Å². The molecule has 166 valence electrons. The van der Waals surface area contributed by atoms with Gasteiger partial charge in [-0.05, 0) is 38.1 Å². The van der Waals surface area contributed by atoms with Crippen molar-refractivity contribution in [1.82, 2.24) is 20.1 Å². The summed E-state index contributed by atoms with van der Waals surface area (Å²) in [5.41, 5.74) is 3.66. The number of nitrogens with one attached hydrogen (secondary N) is 1. The number of nitrogens with zero attached hydrogens (tertiary/aromatic N) is 4. The minimum atomic E-state index is 0.0262. The van der Waals surface area contributed by atoms with Crippen LogP contribution in [0.3, 0.4) is 0 Å². The third kappa shape index (κ3) is 7.07. The maximum atomic E-state index is 5.38. The van der Waals surface area contributed by atoms with Gasteiger partial charge in [0, 0.05) is 32.6 Å². The second kappa shape index (κ2) is 12.7. The van der Waals surface area contributed by atoms with E-state index in [2.05, 4.69) is 72.6 Å². The zero-order valence-electron chi connectivity index (χ0n) is 19.3. The van der Waals surface area contributed by atoms with Gasteiger partial charge in [0.05, 0.1) is 18.8 Å². The number of ether oxygens (including phenoxy) is 1. The highest BCUT2D eigenvalue weighted by Crippen LogP contribution is 2.21. The van der Waals surface area contributed by atoms with Crippen molar-refractivity contribution in [2.45, 2.75) is 53.4 Å². The van der Waals surface area contributed by atoms with Gasteiger partial charge in [-0.1, -0.05) is 38.1 Å². The van der Waals surface area contributed by atoms with Crippen molar-refractivity contribution in [3.05, 3.63) is 51.5 Å². The lowest BCUT2D eigenvalue weighted by atomic mass is 10.1. The van der Waals surface area contributed by atoms with Crippen molar-refractivity contribution in [2.24, 2.45) is 4.99 Å². The smallest absolute Gasteiger partial charge is 0.194 e. The van der Waals surface area contributed by atoms with E-state index in [1.807, 2.05) is 6.92 Å². The first-order valence-electron chi connectivity index (χ1n) is 10.8. The first-order chi connectivity index (χ1) is 14.5. The molecule has 1 aromatic heterocycles. The van der Waals surface area contributed by atoms with Crippen LogP contribution in [0.25, 0.3) is 0 Å². The lowest BCUT2D eigenvalue weighted by Gasteiger charge is -2.22. The fourth-order valence-corrected chi connectivity index (χ4v) is 4.03. The molecule has 1 heterocycles. The first kappa shape index (κ1) is 24.3. The fourth-order valence-electron chi connectivity index (χ4n) is 3.18. The number of aliphatic imine (C=N–C) groups is 1. The molecule has 30 heavy (non-hydrogen) atoms. The lowest BCUT2D eigenvalue weighted by Crippen LogP contribution is -2.38. The van der Waals surface area contributed by atoms with Crippen LogP contribution in [-0.4, -0.2) is 54.5 Å². The van der Waals surface area contributed by atoms with Crippen molar-refractivity contribution in [3.8, 4) is 0 Å². The molecule has 2 rings (SSSR count). The van der Waals surface area contributed by atoms with Crippen LogP contribution >= 0.6 is 11.3 Å². The van der Waals surface area contributed by atoms with Crippen molar-refractivity contribution in [1.29, 1.82) is 0 Å². The second-order valence-corrected chi connectivity index (χ2v) is 8.20. The van der Waals surface area contributed by atoms with Gasteiger partial charge in [0.1, 0.15) is 11.1 Å². The van der Waals surface area contributed by atoms with Gasteiger partial charge in [-0.2, -0.15) is 0 Å². The molecular formula is C23H37N5OS. The topological polar surface area (TPSA) is 53.0 Å². The summed E-state index contributed by atoms with van der Waals surface area (Å²) < 4.78 is 5.38. The molecule has 0 bridgehead atoms. The van der Waals surface area contributed by atoms with Gasteiger partial charge in [-0.15, -0.1) is 11.3 Å². The first-order valence-corrected chi connectivity index (χ1v) is 11.7. The number of aromatic nitrogens is 1. The van der Waals surface area contributed by atoms with Crippen LogP contribution in [0, 0.1) is 0 Å². The Morgan fingerprint density at radius 3 is 2.50 bits per heavy atom. The van der Waals surface area contributed by atoms with Crippen molar-refractivity contribution in [3.63, 3.8) is 0 Å². The van der Waals surface area contributed by atoms with E-state index in [0.717, 1.165) is 42.8 Å². The van der Waals surface area contributed by atoms with E-state index in [0.29, 0.717) is 13.1 Å². The van der Waals surface area contributed by atoms with E-state index >= 15 is 0 Å². The number of rotatable bonds is 11. The molecule has 0 saturated heterocycles.